The van der Waals surface area contributed by atoms with Crippen molar-refractivity contribution >= 4 is 11.9 Å². The molecule has 1 unspecified atom stereocenters. The monoisotopic (exact) mass is 218 g/mol. The Balaban J connectivity index is 4.24. The fraction of sp³-hybridized carbons (Fsp3) is 0.778. The molecule has 0 spiro atoms. The Kier molecular flexibility index (Phi) is 6.64. The molecule has 0 rings (SSSR count). The molecule has 0 radical (unpaired) electrons. The van der Waals surface area contributed by atoms with Crippen LogP contribution in [0.25, 0.3) is 0 Å². The number of amides is 1. The number of aliphatic hydroxyl groups is 1. The first kappa shape index (κ1) is 13.9. The molecule has 6 nitrogen and oxygen atoms in total. The zero-order valence-corrected chi connectivity index (χ0v) is 9.06. The van der Waals surface area contributed by atoms with Crippen molar-refractivity contribution in [2.75, 3.05) is 26.2 Å². The van der Waals surface area contributed by atoms with Gasteiger partial charge in [0.1, 0.15) is 6.04 Å². The molecule has 0 saturated carbocycles. The van der Waals surface area contributed by atoms with Crippen LogP contribution in [0.3, 0.4) is 0 Å². The average molecular weight is 218 g/mol. The second-order valence-electron chi connectivity index (χ2n) is 3.21. The van der Waals surface area contributed by atoms with Crippen LogP contribution in [0.1, 0.15) is 13.8 Å². The summed E-state index contributed by atoms with van der Waals surface area (Å²) >= 11 is 0. The van der Waals surface area contributed by atoms with Gasteiger partial charge in [0.2, 0.25) is 5.91 Å². The SMILES string of the molecule is CCN(CCO)CC(NC(C)=O)C(=O)O. The van der Waals surface area contributed by atoms with Crippen molar-refractivity contribution in [1.29, 1.82) is 0 Å². The molecule has 1 atom stereocenters. The molecule has 0 aliphatic heterocycles. The zero-order valence-electron chi connectivity index (χ0n) is 9.06. The Morgan fingerprint density at radius 1 is 1.47 bits per heavy atom. The lowest BCUT2D eigenvalue weighted by atomic mass is 10.2. The number of carbonyl (C=O) groups excluding carboxylic acids is 1. The highest BCUT2D eigenvalue weighted by Gasteiger charge is 2.20. The van der Waals surface area contributed by atoms with E-state index in [1.807, 2.05) is 6.92 Å². The molecule has 0 bridgehead atoms. The summed E-state index contributed by atoms with van der Waals surface area (Å²) in [6.07, 6.45) is 0. The van der Waals surface area contributed by atoms with Gasteiger partial charge in [0.05, 0.1) is 6.61 Å². The van der Waals surface area contributed by atoms with Crippen LogP contribution in [-0.2, 0) is 9.59 Å². The van der Waals surface area contributed by atoms with E-state index in [1.54, 1.807) is 4.90 Å². The van der Waals surface area contributed by atoms with Crippen LogP contribution >= 0.6 is 0 Å². The van der Waals surface area contributed by atoms with Crippen LogP contribution < -0.4 is 5.32 Å². The van der Waals surface area contributed by atoms with Crippen molar-refractivity contribution in [1.82, 2.24) is 10.2 Å². The maximum atomic E-state index is 10.8. The molecule has 3 N–H and O–H groups in total. The van der Waals surface area contributed by atoms with Crippen LogP contribution in [0.5, 0.6) is 0 Å². The predicted molar refractivity (Wildman–Crippen MR) is 54.4 cm³/mol. The molecule has 0 saturated heterocycles. The molecule has 1 amide bonds. The van der Waals surface area contributed by atoms with Gasteiger partial charge in [0, 0.05) is 20.0 Å². The molecular weight excluding hydrogens is 200 g/mol. The van der Waals surface area contributed by atoms with Crippen LogP contribution in [0, 0.1) is 0 Å². The summed E-state index contributed by atoms with van der Waals surface area (Å²) in [5.41, 5.74) is 0. The van der Waals surface area contributed by atoms with Crippen molar-refractivity contribution in [2.45, 2.75) is 19.9 Å². The fourth-order valence-corrected chi connectivity index (χ4v) is 1.21. The van der Waals surface area contributed by atoms with E-state index in [0.717, 1.165) is 0 Å². The molecule has 0 heterocycles. The van der Waals surface area contributed by atoms with Crippen molar-refractivity contribution in [3.8, 4) is 0 Å². The number of carboxylic acid groups (broad SMARTS) is 1. The first-order chi connectivity index (χ1) is 7.01. The maximum Gasteiger partial charge on any atom is 0.327 e. The summed E-state index contributed by atoms with van der Waals surface area (Å²) < 4.78 is 0. The fourth-order valence-electron chi connectivity index (χ4n) is 1.21. The lowest BCUT2D eigenvalue weighted by molar-refractivity contribution is -0.142. The third-order valence-electron chi connectivity index (χ3n) is 1.98. The predicted octanol–water partition coefficient (Wildman–Crippen LogP) is -1.11. The van der Waals surface area contributed by atoms with Gasteiger partial charge in [-0.05, 0) is 6.54 Å². The minimum atomic E-state index is -1.07. The van der Waals surface area contributed by atoms with Crippen LogP contribution in [-0.4, -0.2) is 59.3 Å². The van der Waals surface area contributed by atoms with Gasteiger partial charge in [-0.3, -0.25) is 9.69 Å². The van der Waals surface area contributed by atoms with Gasteiger partial charge in [-0.15, -0.1) is 0 Å². The summed E-state index contributed by atoms with van der Waals surface area (Å²) in [7, 11) is 0. The molecule has 0 aliphatic carbocycles. The lowest BCUT2D eigenvalue weighted by Gasteiger charge is -2.23. The molecule has 0 aromatic heterocycles. The minimum Gasteiger partial charge on any atom is -0.480 e. The summed E-state index contributed by atoms with van der Waals surface area (Å²) in [5, 5.41) is 19.9. The second-order valence-corrected chi connectivity index (χ2v) is 3.21. The summed E-state index contributed by atoms with van der Waals surface area (Å²) in [6.45, 7) is 4.34. The molecule has 0 fully saturated rings. The van der Waals surface area contributed by atoms with E-state index in [4.69, 9.17) is 10.2 Å². The Bertz CT molecular complexity index is 220. The van der Waals surface area contributed by atoms with Crippen molar-refractivity contribution < 1.29 is 19.8 Å². The number of carbonyl (C=O) groups is 2. The molecule has 6 heteroatoms. The quantitative estimate of drug-likeness (QED) is 0.504. The number of hydrogen-bond donors (Lipinski definition) is 3. The van der Waals surface area contributed by atoms with E-state index < -0.39 is 12.0 Å². The number of aliphatic carboxylic acids is 1. The molecule has 0 aromatic carbocycles. The smallest absolute Gasteiger partial charge is 0.327 e. The molecule has 88 valence electrons. The van der Waals surface area contributed by atoms with Crippen molar-refractivity contribution in [3.05, 3.63) is 0 Å². The number of likely N-dealkylation sites (N-methyl/N-ethyl adjacent to an activating group) is 1. The number of hydrogen-bond acceptors (Lipinski definition) is 4. The minimum absolute atomic E-state index is 0.0275. The highest BCUT2D eigenvalue weighted by atomic mass is 16.4. The third-order valence-corrected chi connectivity index (χ3v) is 1.98. The van der Waals surface area contributed by atoms with Gasteiger partial charge in [-0.25, -0.2) is 4.79 Å². The topological polar surface area (TPSA) is 89.9 Å². The third kappa shape index (κ3) is 6.03. The first-order valence-electron chi connectivity index (χ1n) is 4.84. The Morgan fingerprint density at radius 3 is 2.40 bits per heavy atom. The standard InChI is InChI=1S/C9H18N2O4/c1-3-11(4-5-12)6-8(9(14)15)10-7(2)13/h8,12H,3-6H2,1-2H3,(H,10,13)(H,14,15). The number of nitrogens with one attached hydrogen (secondary N) is 1. The van der Waals surface area contributed by atoms with E-state index in [0.29, 0.717) is 13.1 Å². The van der Waals surface area contributed by atoms with E-state index in [9.17, 15) is 9.59 Å². The normalized spacial score (nSPS) is 12.5. The van der Waals surface area contributed by atoms with E-state index in [2.05, 4.69) is 5.32 Å². The Hall–Kier alpha value is -1.14. The second kappa shape index (κ2) is 7.19. The number of aliphatic hydroxyl groups excluding tert-OH is 1. The van der Waals surface area contributed by atoms with Crippen LogP contribution in [0.2, 0.25) is 0 Å². The number of nitrogens with zero attached hydrogens (tertiary/aromatic N) is 1. The molecule has 0 aliphatic rings. The molecule has 0 aromatic rings. The van der Waals surface area contributed by atoms with Gasteiger partial charge >= 0.3 is 5.97 Å². The molecule has 15 heavy (non-hydrogen) atoms. The van der Waals surface area contributed by atoms with Gasteiger partial charge < -0.3 is 15.5 Å². The summed E-state index contributed by atoms with van der Waals surface area (Å²) in [5.74, 6) is -1.44. The van der Waals surface area contributed by atoms with Crippen LogP contribution in [0.4, 0.5) is 0 Å². The van der Waals surface area contributed by atoms with E-state index >= 15 is 0 Å². The van der Waals surface area contributed by atoms with Crippen molar-refractivity contribution in [3.63, 3.8) is 0 Å². The van der Waals surface area contributed by atoms with E-state index in [1.165, 1.54) is 6.92 Å². The largest absolute Gasteiger partial charge is 0.480 e. The lowest BCUT2D eigenvalue weighted by Crippen LogP contribution is -2.48. The average Bonchev–Trinajstić information content (AvgIpc) is 2.14. The highest BCUT2D eigenvalue weighted by Crippen LogP contribution is 1.93. The van der Waals surface area contributed by atoms with Gasteiger partial charge in [-0.2, -0.15) is 0 Å². The van der Waals surface area contributed by atoms with Crippen molar-refractivity contribution in [2.24, 2.45) is 0 Å². The first-order valence-corrected chi connectivity index (χ1v) is 4.84. The van der Waals surface area contributed by atoms with Gasteiger partial charge in [0.25, 0.3) is 0 Å². The Morgan fingerprint density at radius 2 is 2.07 bits per heavy atom. The Labute approximate surface area is 88.9 Å². The summed E-state index contributed by atoms with van der Waals surface area (Å²) in [4.78, 5) is 23.3. The maximum absolute atomic E-state index is 10.8. The molecular formula is C9H18N2O4. The summed E-state index contributed by atoms with van der Waals surface area (Å²) in [6, 6.07) is -0.922. The van der Waals surface area contributed by atoms with E-state index in [-0.39, 0.29) is 19.1 Å². The number of rotatable bonds is 7. The highest BCUT2D eigenvalue weighted by molar-refractivity contribution is 5.82. The van der Waals surface area contributed by atoms with Gasteiger partial charge in [-0.1, -0.05) is 6.92 Å². The number of carboxylic acids is 1. The zero-order chi connectivity index (χ0) is 11.8. The van der Waals surface area contributed by atoms with Crippen LogP contribution in [0.15, 0.2) is 0 Å². The van der Waals surface area contributed by atoms with Gasteiger partial charge in [0.15, 0.2) is 0 Å².